The lowest BCUT2D eigenvalue weighted by Gasteiger charge is -2.37. The van der Waals surface area contributed by atoms with Crippen molar-refractivity contribution in [3.05, 3.63) is 52.6 Å². The van der Waals surface area contributed by atoms with Gasteiger partial charge in [0.25, 0.3) is 0 Å². The Morgan fingerprint density at radius 3 is 2.68 bits per heavy atom. The van der Waals surface area contributed by atoms with Crippen molar-refractivity contribution in [1.29, 1.82) is 0 Å². The van der Waals surface area contributed by atoms with E-state index < -0.39 is 0 Å². The van der Waals surface area contributed by atoms with Crippen LogP contribution in [-0.4, -0.2) is 11.7 Å². The molecule has 0 spiro atoms. The minimum Gasteiger partial charge on any atom is -0.508 e. The van der Waals surface area contributed by atoms with Gasteiger partial charge in [-0.15, -0.1) is 0 Å². The van der Waals surface area contributed by atoms with Gasteiger partial charge in [-0.1, -0.05) is 57.7 Å². The summed E-state index contributed by atoms with van der Waals surface area (Å²) in [6.45, 7) is 5.66. The van der Waals surface area contributed by atoms with Gasteiger partial charge in [0.2, 0.25) is 0 Å². The second kappa shape index (κ2) is 8.59. The van der Waals surface area contributed by atoms with Crippen LogP contribution >= 0.6 is 0 Å². The first-order chi connectivity index (χ1) is 13.7. The molecule has 28 heavy (non-hydrogen) atoms. The Balaban J connectivity index is 1.84. The standard InChI is InChI=1S/C26H35NO/c1-3-5-9-16-27-25-18-22(28)14-12-20(25)17-21-13-15-23-19(4-2)10-7-6-8-11-24(23)26(21)27/h12-15,18-19,28H,3-11,16-17H2,1-2H3. The third-order valence-electron chi connectivity index (χ3n) is 6.81. The number of hydrogen-bond donors (Lipinski definition) is 1. The van der Waals surface area contributed by atoms with Crippen LogP contribution in [0.3, 0.4) is 0 Å². The van der Waals surface area contributed by atoms with Gasteiger partial charge in [0.15, 0.2) is 0 Å². The number of phenols is 1. The molecule has 0 saturated heterocycles. The van der Waals surface area contributed by atoms with Crippen LogP contribution in [-0.2, 0) is 12.8 Å². The maximum atomic E-state index is 10.2. The highest BCUT2D eigenvalue weighted by Gasteiger charge is 2.28. The Labute approximate surface area is 170 Å². The highest BCUT2D eigenvalue weighted by atomic mass is 16.3. The van der Waals surface area contributed by atoms with Crippen LogP contribution < -0.4 is 4.90 Å². The fourth-order valence-electron chi connectivity index (χ4n) is 5.30. The van der Waals surface area contributed by atoms with Crippen LogP contribution in [0, 0.1) is 0 Å². The molecule has 2 aromatic carbocycles. The summed E-state index contributed by atoms with van der Waals surface area (Å²) in [5, 5.41) is 10.2. The van der Waals surface area contributed by atoms with E-state index in [2.05, 4.69) is 36.9 Å². The van der Waals surface area contributed by atoms with Gasteiger partial charge in [0, 0.05) is 30.4 Å². The summed E-state index contributed by atoms with van der Waals surface area (Å²) in [6, 6.07) is 10.8. The smallest absolute Gasteiger partial charge is 0.117 e. The minimum absolute atomic E-state index is 0.382. The molecule has 0 saturated carbocycles. The topological polar surface area (TPSA) is 23.5 Å². The van der Waals surface area contributed by atoms with E-state index in [1.807, 2.05) is 12.1 Å². The number of hydrogen-bond acceptors (Lipinski definition) is 2. The summed E-state index contributed by atoms with van der Waals surface area (Å²) in [7, 11) is 0. The molecule has 1 unspecified atom stereocenters. The van der Waals surface area contributed by atoms with Crippen molar-refractivity contribution in [3.8, 4) is 5.75 Å². The van der Waals surface area contributed by atoms with E-state index in [4.69, 9.17) is 0 Å². The molecule has 1 aliphatic heterocycles. The van der Waals surface area contributed by atoms with Crippen molar-refractivity contribution in [1.82, 2.24) is 0 Å². The van der Waals surface area contributed by atoms with E-state index in [1.54, 1.807) is 11.1 Å². The van der Waals surface area contributed by atoms with Crippen LogP contribution in [0.4, 0.5) is 11.4 Å². The summed E-state index contributed by atoms with van der Waals surface area (Å²) in [4.78, 5) is 2.55. The van der Waals surface area contributed by atoms with E-state index in [0.717, 1.165) is 13.0 Å². The lowest BCUT2D eigenvalue weighted by molar-refractivity contribution is 0.475. The van der Waals surface area contributed by atoms with Gasteiger partial charge < -0.3 is 10.0 Å². The van der Waals surface area contributed by atoms with Crippen LogP contribution in [0.15, 0.2) is 30.3 Å². The molecular formula is C26H35NO. The zero-order chi connectivity index (χ0) is 19.5. The van der Waals surface area contributed by atoms with Crippen molar-refractivity contribution in [3.63, 3.8) is 0 Å². The Morgan fingerprint density at radius 2 is 1.86 bits per heavy atom. The van der Waals surface area contributed by atoms with Gasteiger partial charge in [-0.25, -0.2) is 0 Å². The maximum Gasteiger partial charge on any atom is 0.117 e. The Kier molecular flexibility index (Phi) is 5.94. The summed E-state index contributed by atoms with van der Waals surface area (Å²) >= 11 is 0. The predicted octanol–water partition coefficient (Wildman–Crippen LogP) is 7.23. The summed E-state index contributed by atoms with van der Waals surface area (Å²) < 4.78 is 0. The Hall–Kier alpha value is -1.96. The van der Waals surface area contributed by atoms with Gasteiger partial charge in [-0.05, 0) is 66.3 Å². The fourth-order valence-corrected chi connectivity index (χ4v) is 5.30. The lowest BCUT2D eigenvalue weighted by atomic mass is 9.80. The third kappa shape index (κ3) is 3.66. The van der Waals surface area contributed by atoms with Gasteiger partial charge in [0.05, 0.1) is 0 Å². The SMILES string of the molecule is CCCCCN1c2cc(O)ccc2Cc2ccc3c(c21)CCCCCC3CC. The molecule has 0 amide bonds. The van der Waals surface area contributed by atoms with Gasteiger partial charge in [-0.3, -0.25) is 0 Å². The van der Waals surface area contributed by atoms with Crippen molar-refractivity contribution in [2.24, 2.45) is 0 Å². The third-order valence-corrected chi connectivity index (χ3v) is 6.81. The molecular weight excluding hydrogens is 342 g/mol. The molecule has 0 bridgehead atoms. The van der Waals surface area contributed by atoms with E-state index in [1.165, 1.54) is 80.3 Å². The zero-order valence-corrected chi connectivity index (χ0v) is 17.6. The molecule has 2 heteroatoms. The largest absolute Gasteiger partial charge is 0.508 e. The summed E-state index contributed by atoms with van der Waals surface area (Å²) in [6.07, 6.45) is 12.5. The number of benzene rings is 2. The van der Waals surface area contributed by atoms with Gasteiger partial charge >= 0.3 is 0 Å². The first-order valence-electron chi connectivity index (χ1n) is 11.5. The van der Waals surface area contributed by atoms with E-state index in [9.17, 15) is 5.11 Å². The molecule has 150 valence electrons. The maximum absolute atomic E-state index is 10.2. The quantitative estimate of drug-likeness (QED) is 0.555. The number of phenolic OH excluding ortho intramolecular Hbond substituents is 1. The highest BCUT2D eigenvalue weighted by molar-refractivity contribution is 5.78. The number of unbranched alkanes of at least 4 members (excludes halogenated alkanes) is 2. The number of nitrogens with zero attached hydrogens (tertiary/aromatic N) is 1. The highest BCUT2D eigenvalue weighted by Crippen LogP contribution is 2.46. The molecule has 1 atom stereocenters. The fraction of sp³-hybridized carbons (Fsp3) is 0.538. The average molecular weight is 378 g/mol. The summed E-state index contributed by atoms with van der Waals surface area (Å²) in [5.41, 5.74) is 8.74. The molecule has 0 radical (unpaired) electrons. The molecule has 1 N–H and O–H groups in total. The Bertz CT molecular complexity index is 825. The van der Waals surface area contributed by atoms with Crippen LogP contribution in [0.1, 0.15) is 93.4 Å². The molecule has 2 aliphatic rings. The number of aromatic hydroxyl groups is 1. The van der Waals surface area contributed by atoms with Crippen molar-refractivity contribution < 1.29 is 5.11 Å². The Morgan fingerprint density at radius 1 is 1.00 bits per heavy atom. The number of anilines is 2. The molecule has 1 heterocycles. The minimum atomic E-state index is 0.382. The van der Waals surface area contributed by atoms with E-state index in [-0.39, 0.29) is 0 Å². The first kappa shape index (κ1) is 19.4. The predicted molar refractivity (Wildman–Crippen MR) is 119 cm³/mol. The molecule has 4 rings (SSSR count). The van der Waals surface area contributed by atoms with Crippen molar-refractivity contribution in [2.45, 2.75) is 84.0 Å². The first-order valence-corrected chi connectivity index (χ1v) is 11.5. The normalized spacial score (nSPS) is 18.6. The molecule has 0 fully saturated rings. The molecule has 2 nitrogen and oxygen atoms in total. The van der Waals surface area contributed by atoms with E-state index >= 15 is 0 Å². The number of fused-ring (bicyclic) bond motifs is 4. The van der Waals surface area contributed by atoms with Gasteiger partial charge in [-0.2, -0.15) is 0 Å². The average Bonchev–Trinajstić information content (AvgIpc) is 2.68. The molecule has 0 aromatic heterocycles. The summed E-state index contributed by atoms with van der Waals surface area (Å²) in [5.74, 6) is 1.08. The molecule has 2 aromatic rings. The van der Waals surface area contributed by atoms with Crippen molar-refractivity contribution in [2.75, 3.05) is 11.4 Å². The van der Waals surface area contributed by atoms with Crippen LogP contribution in [0.2, 0.25) is 0 Å². The van der Waals surface area contributed by atoms with E-state index in [0.29, 0.717) is 11.7 Å². The second-order valence-electron chi connectivity index (χ2n) is 8.69. The van der Waals surface area contributed by atoms with Crippen LogP contribution in [0.5, 0.6) is 5.75 Å². The second-order valence-corrected chi connectivity index (χ2v) is 8.69. The molecule has 1 aliphatic carbocycles. The van der Waals surface area contributed by atoms with Crippen molar-refractivity contribution >= 4 is 11.4 Å². The van der Waals surface area contributed by atoms with Crippen LogP contribution in [0.25, 0.3) is 0 Å². The number of rotatable bonds is 5. The zero-order valence-electron chi connectivity index (χ0n) is 17.6. The lowest BCUT2D eigenvalue weighted by Crippen LogP contribution is -2.27. The van der Waals surface area contributed by atoms with Gasteiger partial charge in [0.1, 0.15) is 5.75 Å². The monoisotopic (exact) mass is 377 g/mol.